The maximum Gasteiger partial charge on any atom is 0.256 e. The Morgan fingerprint density at radius 2 is 2.09 bits per heavy atom. The van der Waals surface area contributed by atoms with Crippen LogP contribution in [0.15, 0.2) is 18.5 Å². The number of fused-ring (bicyclic) bond motifs is 1. The number of nitrogens with zero attached hydrogens (tertiary/aromatic N) is 2. The smallest absolute Gasteiger partial charge is 0.256 e. The first-order chi connectivity index (χ1) is 11.2. The number of imidazole rings is 1. The minimum atomic E-state index is -0.411. The van der Waals surface area contributed by atoms with Crippen molar-refractivity contribution in [2.75, 3.05) is 19.6 Å². The lowest BCUT2D eigenvalue weighted by atomic mass is 10.0. The SMILES string of the molecule is O=C(c1cc(F)cc2[nH]cnc12)N1CCC(NCC2CC2)CC1. The minimum absolute atomic E-state index is 0.123. The van der Waals surface area contributed by atoms with Gasteiger partial charge in [0, 0.05) is 19.1 Å². The number of rotatable bonds is 4. The molecule has 0 bridgehead atoms. The minimum Gasteiger partial charge on any atom is -0.344 e. The molecule has 2 fully saturated rings. The van der Waals surface area contributed by atoms with E-state index in [1.165, 1.54) is 31.3 Å². The van der Waals surface area contributed by atoms with Gasteiger partial charge >= 0.3 is 0 Å². The summed E-state index contributed by atoms with van der Waals surface area (Å²) in [6.07, 6.45) is 6.11. The van der Waals surface area contributed by atoms with E-state index in [2.05, 4.69) is 15.3 Å². The molecule has 1 aliphatic carbocycles. The number of nitrogens with one attached hydrogen (secondary N) is 2. The number of H-pyrrole nitrogens is 1. The number of amides is 1. The molecule has 4 rings (SSSR count). The van der Waals surface area contributed by atoms with Gasteiger partial charge in [-0.05, 0) is 50.3 Å². The average molecular weight is 316 g/mol. The molecule has 2 heterocycles. The third-order valence-electron chi connectivity index (χ3n) is 4.89. The van der Waals surface area contributed by atoms with Crippen LogP contribution >= 0.6 is 0 Å². The second kappa shape index (κ2) is 5.92. The fourth-order valence-corrected chi connectivity index (χ4v) is 3.29. The first kappa shape index (κ1) is 14.6. The zero-order valence-corrected chi connectivity index (χ0v) is 13.0. The van der Waals surface area contributed by atoms with Crippen molar-refractivity contribution in [1.29, 1.82) is 0 Å². The number of hydrogen-bond donors (Lipinski definition) is 2. The van der Waals surface area contributed by atoms with Crippen LogP contribution in [0.3, 0.4) is 0 Å². The number of benzene rings is 1. The zero-order chi connectivity index (χ0) is 15.8. The van der Waals surface area contributed by atoms with Crippen molar-refractivity contribution in [2.45, 2.75) is 31.7 Å². The molecule has 0 radical (unpaired) electrons. The number of aromatic nitrogens is 2. The summed E-state index contributed by atoms with van der Waals surface area (Å²) in [4.78, 5) is 21.6. The van der Waals surface area contributed by atoms with Gasteiger partial charge in [0.2, 0.25) is 0 Å². The molecule has 6 heteroatoms. The Morgan fingerprint density at radius 3 is 2.83 bits per heavy atom. The van der Waals surface area contributed by atoms with Crippen molar-refractivity contribution in [3.63, 3.8) is 0 Å². The molecule has 1 aliphatic heterocycles. The quantitative estimate of drug-likeness (QED) is 0.910. The lowest BCUT2D eigenvalue weighted by molar-refractivity contribution is 0.0706. The summed E-state index contributed by atoms with van der Waals surface area (Å²) in [6.45, 7) is 2.53. The number of aromatic amines is 1. The van der Waals surface area contributed by atoms with E-state index in [0.29, 0.717) is 35.7 Å². The van der Waals surface area contributed by atoms with E-state index in [1.807, 2.05) is 4.90 Å². The van der Waals surface area contributed by atoms with Crippen molar-refractivity contribution in [3.05, 3.63) is 29.8 Å². The van der Waals surface area contributed by atoms with E-state index in [9.17, 15) is 9.18 Å². The summed E-state index contributed by atoms with van der Waals surface area (Å²) in [5.74, 6) is 0.336. The van der Waals surface area contributed by atoms with Gasteiger partial charge in [-0.3, -0.25) is 4.79 Å². The number of hydrogen-bond acceptors (Lipinski definition) is 3. The van der Waals surface area contributed by atoms with Gasteiger partial charge in [0.1, 0.15) is 11.3 Å². The maximum absolute atomic E-state index is 13.7. The summed E-state index contributed by atoms with van der Waals surface area (Å²) in [5, 5.41) is 3.60. The standard InChI is InChI=1S/C17H21FN4O/c18-12-7-14(16-15(8-12)20-10-21-16)17(23)22-5-3-13(4-6-22)19-9-11-1-2-11/h7-8,10-11,13,19H,1-6,9H2,(H,20,21). The molecule has 2 aromatic rings. The van der Waals surface area contributed by atoms with Crippen molar-refractivity contribution in [1.82, 2.24) is 20.2 Å². The van der Waals surface area contributed by atoms with Crippen LogP contribution < -0.4 is 5.32 Å². The molecule has 5 nitrogen and oxygen atoms in total. The first-order valence-electron chi connectivity index (χ1n) is 8.36. The van der Waals surface area contributed by atoms with Crippen LogP contribution in [0.2, 0.25) is 0 Å². The Hall–Kier alpha value is -1.95. The van der Waals surface area contributed by atoms with E-state index in [0.717, 1.165) is 25.3 Å². The van der Waals surface area contributed by atoms with Gasteiger partial charge in [-0.1, -0.05) is 0 Å². The second-order valence-corrected chi connectivity index (χ2v) is 6.67. The third kappa shape index (κ3) is 3.08. The molecule has 2 aliphatic rings. The summed E-state index contributed by atoms with van der Waals surface area (Å²) in [6, 6.07) is 3.16. The van der Waals surface area contributed by atoms with Gasteiger partial charge in [0.15, 0.2) is 0 Å². The molecule has 122 valence electrons. The largest absolute Gasteiger partial charge is 0.344 e. The molecular weight excluding hydrogens is 295 g/mol. The molecule has 0 atom stereocenters. The van der Waals surface area contributed by atoms with Crippen LogP contribution in [0, 0.1) is 11.7 Å². The molecule has 0 unspecified atom stereocenters. The van der Waals surface area contributed by atoms with E-state index >= 15 is 0 Å². The average Bonchev–Trinajstić information content (AvgIpc) is 3.28. The Balaban J connectivity index is 1.43. The first-order valence-corrected chi connectivity index (χ1v) is 8.36. The normalized spacial score (nSPS) is 19.4. The molecule has 1 saturated carbocycles. The molecule has 23 heavy (non-hydrogen) atoms. The van der Waals surface area contributed by atoms with Crippen LogP contribution in [0.25, 0.3) is 11.0 Å². The van der Waals surface area contributed by atoms with Gasteiger partial charge in [0.25, 0.3) is 5.91 Å². The molecule has 1 amide bonds. The molecule has 2 N–H and O–H groups in total. The van der Waals surface area contributed by atoms with E-state index in [1.54, 1.807) is 0 Å². The summed E-state index contributed by atoms with van der Waals surface area (Å²) >= 11 is 0. The van der Waals surface area contributed by atoms with Crippen LogP contribution in [0.4, 0.5) is 4.39 Å². The van der Waals surface area contributed by atoms with E-state index < -0.39 is 5.82 Å². The van der Waals surface area contributed by atoms with Crippen LogP contribution in [-0.4, -0.2) is 46.5 Å². The zero-order valence-electron chi connectivity index (χ0n) is 13.0. The number of halogens is 1. The van der Waals surface area contributed by atoms with E-state index in [-0.39, 0.29) is 5.91 Å². The van der Waals surface area contributed by atoms with Crippen LogP contribution in [0.5, 0.6) is 0 Å². The lowest BCUT2D eigenvalue weighted by Crippen LogP contribution is -2.45. The van der Waals surface area contributed by atoms with Gasteiger partial charge < -0.3 is 15.2 Å². The molecule has 1 saturated heterocycles. The van der Waals surface area contributed by atoms with Crippen LogP contribution in [0.1, 0.15) is 36.0 Å². The Labute approximate surface area is 134 Å². The highest BCUT2D eigenvalue weighted by molar-refractivity contribution is 6.04. The van der Waals surface area contributed by atoms with Crippen molar-refractivity contribution in [2.24, 2.45) is 5.92 Å². The predicted octanol–water partition coefficient (Wildman–Crippen LogP) is 2.31. The van der Waals surface area contributed by atoms with Gasteiger partial charge in [-0.15, -0.1) is 0 Å². The van der Waals surface area contributed by atoms with Crippen LogP contribution in [-0.2, 0) is 0 Å². The predicted molar refractivity (Wildman–Crippen MR) is 85.7 cm³/mol. The second-order valence-electron chi connectivity index (χ2n) is 6.67. The summed E-state index contributed by atoms with van der Waals surface area (Å²) in [7, 11) is 0. The lowest BCUT2D eigenvalue weighted by Gasteiger charge is -2.32. The van der Waals surface area contributed by atoms with Crippen molar-refractivity contribution >= 4 is 16.9 Å². The Kier molecular flexibility index (Phi) is 3.77. The van der Waals surface area contributed by atoms with Crippen molar-refractivity contribution < 1.29 is 9.18 Å². The number of likely N-dealkylation sites (tertiary alicyclic amines) is 1. The highest BCUT2D eigenvalue weighted by Gasteiger charge is 2.27. The molecule has 1 aromatic carbocycles. The Morgan fingerprint density at radius 1 is 1.30 bits per heavy atom. The summed E-state index contributed by atoms with van der Waals surface area (Å²) in [5.41, 5.74) is 1.46. The maximum atomic E-state index is 13.7. The van der Waals surface area contributed by atoms with E-state index in [4.69, 9.17) is 0 Å². The fraction of sp³-hybridized carbons (Fsp3) is 0.529. The molecule has 1 aromatic heterocycles. The molecule has 0 spiro atoms. The summed E-state index contributed by atoms with van der Waals surface area (Å²) < 4.78 is 13.7. The van der Waals surface area contributed by atoms with Crippen molar-refractivity contribution in [3.8, 4) is 0 Å². The topological polar surface area (TPSA) is 61.0 Å². The highest BCUT2D eigenvalue weighted by atomic mass is 19.1. The van der Waals surface area contributed by atoms with Gasteiger partial charge in [0.05, 0.1) is 17.4 Å². The number of carbonyl (C=O) groups is 1. The number of piperidine rings is 1. The number of carbonyl (C=O) groups excluding carboxylic acids is 1. The Bertz CT molecular complexity index is 716. The third-order valence-corrected chi connectivity index (χ3v) is 4.89. The fourth-order valence-electron chi connectivity index (χ4n) is 3.29. The van der Waals surface area contributed by atoms with Gasteiger partial charge in [-0.25, -0.2) is 9.37 Å². The van der Waals surface area contributed by atoms with Gasteiger partial charge in [-0.2, -0.15) is 0 Å². The monoisotopic (exact) mass is 316 g/mol. The molecular formula is C17H21FN4O. The highest BCUT2D eigenvalue weighted by Crippen LogP contribution is 2.28.